The van der Waals surface area contributed by atoms with E-state index in [4.69, 9.17) is 9.84 Å². The van der Waals surface area contributed by atoms with Crippen LogP contribution in [0.4, 0.5) is 5.69 Å². The molecule has 0 radical (unpaired) electrons. The highest BCUT2D eigenvalue weighted by atomic mass is 79.9. The van der Waals surface area contributed by atoms with Gasteiger partial charge >= 0.3 is 5.97 Å². The molecule has 0 atom stereocenters. The molecule has 116 valence electrons. The predicted octanol–water partition coefficient (Wildman–Crippen LogP) is 4.92. The molecule has 0 aromatic heterocycles. The molecule has 4 nitrogen and oxygen atoms in total. The number of carboxylic acid groups (broad SMARTS) is 1. The van der Waals surface area contributed by atoms with E-state index in [1.807, 2.05) is 19.1 Å². The fourth-order valence-electron chi connectivity index (χ4n) is 1.93. The molecule has 0 heterocycles. The summed E-state index contributed by atoms with van der Waals surface area (Å²) in [7, 11) is 0. The Balaban J connectivity index is 2.06. The highest BCUT2D eigenvalue weighted by Crippen LogP contribution is 2.35. The van der Waals surface area contributed by atoms with Crippen LogP contribution in [-0.4, -0.2) is 17.7 Å². The van der Waals surface area contributed by atoms with Crippen molar-refractivity contribution in [3.63, 3.8) is 0 Å². The number of rotatable bonds is 6. The quantitative estimate of drug-likeness (QED) is 0.685. The van der Waals surface area contributed by atoms with Crippen molar-refractivity contribution in [1.29, 1.82) is 0 Å². The number of aromatic carboxylic acids is 1. The van der Waals surface area contributed by atoms with Gasteiger partial charge in [0.1, 0.15) is 5.75 Å². The van der Waals surface area contributed by atoms with Gasteiger partial charge in [0, 0.05) is 12.2 Å². The summed E-state index contributed by atoms with van der Waals surface area (Å²) < 4.78 is 7.33. The van der Waals surface area contributed by atoms with Gasteiger partial charge in [-0.25, -0.2) is 4.79 Å². The molecule has 2 aromatic carbocycles. The van der Waals surface area contributed by atoms with E-state index in [2.05, 4.69) is 37.2 Å². The van der Waals surface area contributed by atoms with Gasteiger partial charge in [0.2, 0.25) is 0 Å². The first-order valence-electron chi connectivity index (χ1n) is 6.69. The van der Waals surface area contributed by atoms with E-state index in [0.29, 0.717) is 13.2 Å². The summed E-state index contributed by atoms with van der Waals surface area (Å²) in [6, 6.07) is 10.6. The smallest absolute Gasteiger partial charge is 0.335 e. The maximum absolute atomic E-state index is 10.8. The van der Waals surface area contributed by atoms with Crippen LogP contribution in [-0.2, 0) is 6.54 Å². The van der Waals surface area contributed by atoms with Crippen LogP contribution >= 0.6 is 31.9 Å². The zero-order chi connectivity index (χ0) is 16.1. The Morgan fingerprint density at radius 1 is 1.18 bits per heavy atom. The Hall–Kier alpha value is -1.53. The van der Waals surface area contributed by atoms with Gasteiger partial charge in [0.25, 0.3) is 0 Å². The standard InChI is InChI=1S/C16H15Br2NO3/c1-2-22-15-13(17)7-10(8-14(15)18)9-19-12-5-3-11(4-6-12)16(20)21/h3-8,19H,2,9H2,1H3,(H,20,21). The molecule has 0 saturated carbocycles. The summed E-state index contributed by atoms with van der Waals surface area (Å²) in [5.41, 5.74) is 2.22. The molecule has 0 aliphatic carbocycles. The number of nitrogens with one attached hydrogen (secondary N) is 1. The zero-order valence-electron chi connectivity index (χ0n) is 11.9. The van der Waals surface area contributed by atoms with Crippen LogP contribution < -0.4 is 10.1 Å². The number of hydrogen-bond acceptors (Lipinski definition) is 3. The van der Waals surface area contributed by atoms with Crippen molar-refractivity contribution in [3.8, 4) is 5.75 Å². The van der Waals surface area contributed by atoms with E-state index in [-0.39, 0.29) is 5.56 Å². The summed E-state index contributed by atoms with van der Waals surface area (Å²) in [6.45, 7) is 3.16. The molecule has 0 aliphatic rings. The topological polar surface area (TPSA) is 58.6 Å². The van der Waals surface area contributed by atoms with Crippen molar-refractivity contribution >= 4 is 43.5 Å². The SMILES string of the molecule is CCOc1c(Br)cc(CNc2ccc(C(=O)O)cc2)cc1Br. The van der Waals surface area contributed by atoms with E-state index in [1.54, 1.807) is 24.3 Å². The molecule has 22 heavy (non-hydrogen) atoms. The van der Waals surface area contributed by atoms with Gasteiger partial charge < -0.3 is 15.2 Å². The fourth-order valence-corrected chi connectivity index (χ4v) is 3.44. The molecule has 0 unspecified atom stereocenters. The first kappa shape index (κ1) is 16.8. The first-order valence-corrected chi connectivity index (χ1v) is 8.27. The van der Waals surface area contributed by atoms with Crippen molar-refractivity contribution in [2.75, 3.05) is 11.9 Å². The average molecular weight is 429 g/mol. The molecular weight excluding hydrogens is 414 g/mol. The van der Waals surface area contributed by atoms with E-state index < -0.39 is 5.97 Å². The number of carbonyl (C=O) groups is 1. The number of hydrogen-bond donors (Lipinski definition) is 2. The number of anilines is 1. The Morgan fingerprint density at radius 2 is 1.77 bits per heavy atom. The van der Waals surface area contributed by atoms with Gasteiger partial charge in [-0.05, 0) is 80.7 Å². The molecule has 0 aliphatic heterocycles. The van der Waals surface area contributed by atoms with Gasteiger partial charge in [0.05, 0.1) is 21.1 Å². The maximum Gasteiger partial charge on any atom is 0.335 e. The second-order valence-electron chi connectivity index (χ2n) is 4.56. The van der Waals surface area contributed by atoms with Crippen molar-refractivity contribution in [2.24, 2.45) is 0 Å². The van der Waals surface area contributed by atoms with Crippen LogP contribution in [0, 0.1) is 0 Å². The van der Waals surface area contributed by atoms with Crippen LogP contribution in [0.2, 0.25) is 0 Å². The van der Waals surface area contributed by atoms with Crippen molar-refractivity contribution in [2.45, 2.75) is 13.5 Å². The van der Waals surface area contributed by atoms with Gasteiger partial charge in [-0.3, -0.25) is 0 Å². The molecule has 2 aromatic rings. The minimum atomic E-state index is -0.925. The molecule has 0 bridgehead atoms. The number of carboxylic acids is 1. The largest absolute Gasteiger partial charge is 0.492 e. The highest BCUT2D eigenvalue weighted by Gasteiger charge is 2.08. The second kappa shape index (κ2) is 7.65. The Morgan fingerprint density at radius 3 is 2.27 bits per heavy atom. The lowest BCUT2D eigenvalue weighted by Crippen LogP contribution is -2.02. The minimum absolute atomic E-state index is 0.275. The lowest BCUT2D eigenvalue weighted by Gasteiger charge is -2.12. The summed E-state index contributed by atoms with van der Waals surface area (Å²) in [4.78, 5) is 10.8. The summed E-state index contributed by atoms with van der Waals surface area (Å²) >= 11 is 7.01. The molecule has 2 rings (SSSR count). The monoisotopic (exact) mass is 427 g/mol. The van der Waals surface area contributed by atoms with E-state index in [1.165, 1.54) is 0 Å². The van der Waals surface area contributed by atoms with Gasteiger partial charge in [0.15, 0.2) is 0 Å². The molecule has 0 fully saturated rings. The van der Waals surface area contributed by atoms with Crippen LogP contribution in [0.3, 0.4) is 0 Å². The summed E-state index contributed by atoms with van der Waals surface area (Å²) in [5, 5.41) is 12.1. The molecule has 0 amide bonds. The molecule has 0 spiro atoms. The predicted molar refractivity (Wildman–Crippen MR) is 93.7 cm³/mol. The maximum atomic E-state index is 10.8. The Bertz CT molecular complexity index is 649. The number of ether oxygens (including phenoxy) is 1. The van der Waals surface area contributed by atoms with Gasteiger partial charge in [-0.1, -0.05) is 0 Å². The number of benzene rings is 2. The highest BCUT2D eigenvalue weighted by molar-refractivity contribution is 9.11. The van der Waals surface area contributed by atoms with Gasteiger partial charge in [-0.2, -0.15) is 0 Å². The van der Waals surface area contributed by atoms with Crippen molar-refractivity contribution in [3.05, 3.63) is 56.5 Å². The molecule has 0 saturated heterocycles. The van der Waals surface area contributed by atoms with Crippen LogP contribution in [0.1, 0.15) is 22.8 Å². The van der Waals surface area contributed by atoms with Crippen molar-refractivity contribution < 1.29 is 14.6 Å². The molecular formula is C16H15Br2NO3. The van der Waals surface area contributed by atoms with E-state index in [0.717, 1.165) is 25.9 Å². The number of halogens is 2. The average Bonchev–Trinajstić information content (AvgIpc) is 2.49. The second-order valence-corrected chi connectivity index (χ2v) is 6.27. The molecule has 6 heteroatoms. The van der Waals surface area contributed by atoms with Gasteiger partial charge in [-0.15, -0.1) is 0 Å². The first-order chi connectivity index (χ1) is 10.5. The van der Waals surface area contributed by atoms with Crippen LogP contribution in [0.25, 0.3) is 0 Å². The normalized spacial score (nSPS) is 10.3. The Kier molecular flexibility index (Phi) is 5.85. The third-order valence-corrected chi connectivity index (χ3v) is 4.15. The van der Waals surface area contributed by atoms with Crippen LogP contribution in [0.5, 0.6) is 5.75 Å². The lowest BCUT2D eigenvalue weighted by molar-refractivity contribution is 0.0697. The fraction of sp³-hybridized carbons (Fsp3) is 0.188. The molecule has 2 N–H and O–H groups in total. The third-order valence-electron chi connectivity index (χ3n) is 2.98. The zero-order valence-corrected chi connectivity index (χ0v) is 15.1. The van der Waals surface area contributed by atoms with E-state index >= 15 is 0 Å². The Labute approximate surface area is 145 Å². The summed E-state index contributed by atoms with van der Waals surface area (Å²) in [6.07, 6.45) is 0. The lowest BCUT2D eigenvalue weighted by atomic mass is 10.2. The minimum Gasteiger partial charge on any atom is -0.492 e. The summed E-state index contributed by atoms with van der Waals surface area (Å²) in [5.74, 6) is -0.136. The third kappa shape index (κ3) is 4.24. The van der Waals surface area contributed by atoms with Crippen molar-refractivity contribution in [1.82, 2.24) is 0 Å². The van der Waals surface area contributed by atoms with E-state index in [9.17, 15) is 4.79 Å². The van der Waals surface area contributed by atoms with Crippen LogP contribution in [0.15, 0.2) is 45.3 Å².